The lowest BCUT2D eigenvalue weighted by molar-refractivity contribution is 0.0949. The third kappa shape index (κ3) is 4.35. The van der Waals surface area contributed by atoms with Crippen LogP contribution in [0.4, 0.5) is 5.69 Å². The van der Waals surface area contributed by atoms with Gasteiger partial charge < -0.3 is 10.6 Å². The second-order valence-corrected chi connectivity index (χ2v) is 5.28. The van der Waals surface area contributed by atoms with Gasteiger partial charge in [0.25, 0.3) is 5.91 Å². The van der Waals surface area contributed by atoms with Gasteiger partial charge in [0.1, 0.15) is 5.69 Å². The van der Waals surface area contributed by atoms with Gasteiger partial charge in [-0.2, -0.15) is 11.3 Å². The number of carbonyl (C=O) groups is 1. The highest BCUT2D eigenvalue weighted by atomic mass is 32.1. The summed E-state index contributed by atoms with van der Waals surface area (Å²) in [6, 6.07) is 5.71. The van der Waals surface area contributed by atoms with Crippen molar-refractivity contribution in [1.29, 1.82) is 0 Å². The Morgan fingerprint density at radius 1 is 1.30 bits per heavy atom. The Morgan fingerprint density at radius 2 is 2.20 bits per heavy atom. The number of rotatable bonds is 7. The molecule has 0 spiro atoms. The highest BCUT2D eigenvalue weighted by molar-refractivity contribution is 7.07. The standard InChI is InChI=1S/C15H19N3OS/c1-2-7-16-13-3-4-14(18-10-13)15(19)17-8-5-12-6-9-20-11-12/h3-4,6,9-11,16H,2,5,7-8H2,1H3,(H,17,19). The second-order valence-electron chi connectivity index (χ2n) is 4.50. The Kier molecular flexibility index (Phi) is 5.55. The first-order valence-electron chi connectivity index (χ1n) is 6.79. The average molecular weight is 289 g/mol. The number of aromatic nitrogens is 1. The smallest absolute Gasteiger partial charge is 0.269 e. The van der Waals surface area contributed by atoms with E-state index in [-0.39, 0.29) is 5.91 Å². The molecule has 0 saturated carbocycles. The lowest BCUT2D eigenvalue weighted by atomic mass is 10.2. The van der Waals surface area contributed by atoms with Gasteiger partial charge in [0.15, 0.2) is 0 Å². The summed E-state index contributed by atoms with van der Waals surface area (Å²) in [6.07, 6.45) is 3.61. The maximum Gasteiger partial charge on any atom is 0.269 e. The first-order valence-corrected chi connectivity index (χ1v) is 7.73. The van der Waals surface area contributed by atoms with Crippen molar-refractivity contribution in [3.05, 3.63) is 46.4 Å². The summed E-state index contributed by atoms with van der Waals surface area (Å²) in [5.41, 5.74) is 2.65. The van der Waals surface area contributed by atoms with Gasteiger partial charge in [-0.05, 0) is 47.4 Å². The summed E-state index contributed by atoms with van der Waals surface area (Å²) >= 11 is 1.67. The minimum absolute atomic E-state index is 0.123. The largest absolute Gasteiger partial charge is 0.384 e. The van der Waals surface area contributed by atoms with E-state index < -0.39 is 0 Å². The summed E-state index contributed by atoms with van der Waals surface area (Å²) < 4.78 is 0. The van der Waals surface area contributed by atoms with Gasteiger partial charge in [-0.15, -0.1) is 0 Å². The fourth-order valence-corrected chi connectivity index (χ4v) is 2.45. The van der Waals surface area contributed by atoms with Crippen LogP contribution < -0.4 is 10.6 Å². The van der Waals surface area contributed by atoms with E-state index in [4.69, 9.17) is 0 Å². The van der Waals surface area contributed by atoms with E-state index in [1.54, 1.807) is 23.6 Å². The van der Waals surface area contributed by atoms with Crippen molar-refractivity contribution in [1.82, 2.24) is 10.3 Å². The van der Waals surface area contributed by atoms with Gasteiger partial charge in [-0.3, -0.25) is 4.79 Å². The molecule has 1 amide bonds. The van der Waals surface area contributed by atoms with Crippen molar-refractivity contribution in [2.45, 2.75) is 19.8 Å². The van der Waals surface area contributed by atoms with E-state index in [1.165, 1.54) is 5.56 Å². The molecule has 0 saturated heterocycles. The summed E-state index contributed by atoms with van der Waals surface area (Å²) in [6.45, 7) is 3.65. The van der Waals surface area contributed by atoms with Crippen LogP contribution in [0.2, 0.25) is 0 Å². The molecule has 0 fully saturated rings. The summed E-state index contributed by atoms with van der Waals surface area (Å²) in [7, 11) is 0. The van der Waals surface area contributed by atoms with Crippen LogP contribution >= 0.6 is 11.3 Å². The van der Waals surface area contributed by atoms with Crippen molar-refractivity contribution in [3.63, 3.8) is 0 Å². The van der Waals surface area contributed by atoms with Crippen molar-refractivity contribution >= 4 is 22.9 Å². The number of hydrogen-bond donors (Lipinski definition) is 2. The summed E-state index contributed by atoms with van der Waals surface area (Å²) in [5, 5.41) is 10.2. The Hall–Kier alpha value is -1.88. The molecule has 2 heterocycles. The van der Waals surface area contributed by atoms with E-state index in [0.717, 1.165) is 25.1 Å². The summed E-state index contributed by atoms with van der Waals surface area (Å²) in [5.74, 6) is -0.123. The predicted molar refractivity (Wildman–Crippen MR) is 83.4 cm³/mol. The zero-order valence-corrected chi connectivity index (χ0v) is 12.4. The molecule has 0 aliphatic rings. The topological polar surface area (TPSA) is 54.0 Å². The van der Waals surface area contributed by atoms with E-state index in [9.17, 15) is 4.79 Å². The van der Waals surface area contributed by atoms with Crippen molar-refractivity contribution in [3.8, 4) is 0 Å². The van der Waals surface area contributed by atoms with Crippen molar-refractivity contribution < 1.29 is 4.79 Å². The highest BCUT2D eigenvalue weighted by Crippen LogP contribution is 2.07. The second kappa shape index (κ2) is 7.65. The van der Waals surface area contributed by atoms with Crippen LogP contribution in [0.5, 0.6) is 0 Å². The number of amides is 1. The third-order valence-electron chi connectivity index (χ3n) is 2.85. The zero-order valence-electron chi connectivity index (χ0n) is 11.6. The van der Waals surface area contributed by atoms with Gasteiger partial charge >= 0.3 is 0 Å². The normalized spacial score (nSPS) is 10.2. The molecule has 0 radical (unpaired) electrons. The molecular weight excluding hydrogens is 270 g/mol. The molecule has 5 heteroatoms. The number of nitrogens with zero attached hydrogens (tertiary/aromatic N) is 1. The van der Waals surface area contributed by atoms with Crippen LogP contribution in [0.15, 0.2) is 35.2 Å². The van der Waals surface area contributed by atoms with Gasteiger partial charge in [0.05, 0.1) is 11.9 Å². The van der Waals surface area contributed by atoms with Crippen LogP contribution in [0.1, 0.15) is 29.4 Å². The highest BCUT2D eigenvalue weighted by Gasteiger charge is 2.06. The number of anilines is 1. The number of nitrogens with one attached hydrogen (secondary N) is 2. The molecule has 2 aromatic heterocycles. The molecule has 0 bridgehead atoms. The minimum Gasteiger partial charge on any atom is -0.384 e. The SMILES string of the molecule is CCCNc1ccc(C(=O)NCCc2ccsc2)nc1. The van der Waals surface area contributed by atoms with Crippen LogP contribution in [0.25, 0.3) is 0 Å². The molecule has 0 aromatic carbocycles. The van der Waals surface area contributed by atoms with Crippen LogP contribution in [-0.4, -0.2) is 24.0 Å². The van der Waals surface area contributed by atoms with E-state index in [1.807, 2.05) is 11.4 Å². The fraction of sp³-hybridized carbons (Fsp3) is 0.333. The molecule has 106 valence electrons. The maximum atomic E-state index is 11.9. The number of thiophene rings is 1. The fourth-order valence-electron chi connectivity index (χ4n) is 1.75. The van der Waals surface area contributed by atoms with E-state index >= 15 is 0 Å². The predicted octanol–water partition coefficient (Wildman–Crippen LogP) is 2.94. The molecule has 2 aromatic rings. The minimum atomic E-state index is -0.123. The first-order chi connectivity index (χ1) is 9.79. The summed E-state index contributed by atoms with van der Waals surface area (Å²) in [4.78, 5) is 16.1. The number of hydrogen-bond acceptors (Lipinski definition) is 4. The number of carbonyl (C=O) groups excluding carboxylic acids is 1. The Bertz CT molecular complexity index is 523. The van der Waals surface area contributed by atoms with Gasteiger partial charge in [-0.25, -0.2) is 4.98 Å². The Labute approximate surface area is 123 Å². The monoisotopic (exact) mass is 289 g/mol. The van der Waals surface area contributed by atoms with Gasteiger partial charge in [-0.1, -0.05) is 6.92 Å². The van der Waals surface area contributed by atoms with Gasteiger partial charge in [0, 0.05) is 13.1 Å². The average Bonchev–Trinajstić information content (AvgIpc) is 2.99. The molecule has 2 N–H and O–H groups in total. The molecule has 4 nitrogen and oxygen atoms in total. The van der Waals surface area contributed by atoms with Crippen molar-refractivity contribution in [2.75, 3.05) is 18.4 Å². The molecule has 0 aliphatic carbocycles. The Balaban J connectivity index is 1.79. The zero-order chi connectivity index (χ0) is 14.2. The van der Waals surface area contributed by atoms with E-state index in [2.05, 4.69) is 34.0 Å². The lowest BCUT2D eigenvalue weighted by Crippen LogP contribution is -2.26. The quantitative estimate of drug-likeness (QED) is 0.824. The van der Waals surface area contributed by atoms with E-state index in [0.29, 0.717) is 12.2 Å². The first kappa shape index (κ1) is 14.5. The molecule has 0 aliphatic heterocycles. The molecule has 0 unspecified atom stereocenters. The van der Waals surface area contributed by atoms with Crippen LogP contribution in [0, 0.1) is 0 Å². The van der Waals surface area contributed by atoms with Crippen molar-refractivity contribution in [2.24, 2.45) is 0 Å². The van der Waals surface area contributed by atoms with Gasteiger partial charge in [0.2, 0.25) is 0 Å². The molecule has 0 atom stereocenters. The molecular formula is C15H19N3OS. The maximum absolute atomic E-state index is 11.9. The molecule has 2 rings (SSSR count). The lowest BCUT2D eigenvalue weighted by Gasteiger charge is -2.06. The van der Waals surface area contributed by atoms with Crippen LogP contribution in [-0.2, 0) is 6.42 Å². The third-order valence-corrected chi connectivity index (χ3v) is 3.59. The van der Waals surface area contributed by atoms with Crippen LogP contribution in [0.3, 0.4) is 0 Å². The number of pyridine rings is 1. The Morgan fingerprint density at radius 3 is 2.85 bits per heavy atom. The molecule has 20 heavy (non-hydrogen) atoms.